The fourth-order valence-electron chi connectivity index (χ4n) is 2.47. The summed E-state index contributed by atoms with van der Waals surface area (Å²) in [7, 11) is 0. The molecule has 0 saturated carbocycles. The molecular formula is C16H18N4S. The van der Waals surface area contributed by atoms with Crippen molar-refractivity contribution >= 4 is 22.2 Å². The highest BCUT2D eigenvalue weighted by Gasteiger charge is 2.16. The Morgan fingerprint density at radius 2 is 2.05 bits per heavy atom. The minimum absolute atomic E-state index is 0.00792. The molecule has 0 amide bonds. The first-order valence-corrected chi connectivity index (χ1v) is 7.73. The number of thiazole rings is 1. The molecule has 0 radical (unpaired) electrons. The van der Waals surface area contributed by atoms with Crippen LogP contribution in [0.2, 0.25) is 0 Å². The third-order valence-electron chi connectivity index (χ3n) is 3.69. The summed E-state index contributed by atoms with van der Waals surface area (Å²) in [6.07, 6.45) is 2.59. The van der Waals surface area contributed by atoms with Gasteiger partial charge in [-0.1, -0.05) is 24.3 Å². The van der Waals surface area contributed by atoms with Gasteiger partial charge >= 0.3 is 0 Å². The van der Waals surface area contributed by atoms with E-state index in [1.807, 2.05) is 25.3 Å². The van der Waals surface area contributed by atoms with E-state index in [2.05, 4.69) is 40.5 Å². The van der Waals surface area contributed by atoms with Gasteiger partial charge in [0, 0.05) is 22.9 Å². The second-order valence-corrected chi connectivity index (χ2v) is 6.38. The number of hydrazine groups is 1. The van der Waals surface area contributed by atoms with Crippen LogP contribution in [0.5, 0.6) is 0 Å². The van der Waals surface area contributed by atoms with Crippen LogP contribution in [-0.2, 0) is 6.42 Å². The number of nitrogens with two attached hydrogens (primary N) is 1. The van der Waals surface area contributed by atoms with Crippen LogP contribution in [0.3, 0.4) is 0 Å². The molecule has 0 bridgehead atoms. The van der Waals surface area contributed by atoms with Crippen molar-refractivity contribution < 1.29 is 0 Å². The largest absolute Gasteiger partial charge is 0.271 e. The van der Waals surface area contributed by atoms with Crippen molar-refractivity contribution in [1.29, 1.82) is 0 Å². The van der Waals surface area contributed by atoms with Gasteiger partial charge in [0.15, 0.2) is 0 Å². The second kappa shape index (κ2) is 5.89. The minimum Gasteiger partial charge on any atom is -0.271 e. The number of nitrogens with one attached hydrogen (secondary N) is 1. The lowest BCUT2D eigenvalue weighted by molar-refractivity contribution is 0.553. The highest BCUT2D eigenvalue weighted by Crippen LogP contribution is 2.27. The summed E-state index contributed by atoms with van der Waals surface area (Å²) in [5, 5.41) is 2.22. The maximum absolute atomic E-state index is 5.79. The lowest BCUT2D eigenvalue weighted by atomic mass is 10.0. The van der Waals surface area contributed by atoms with E-state index in [1.54, 1.807) is 11.3 Å². The van der Waals surface area contributed by atoms with E-state index in [9.17, 15) is 0 Å². The molecule has 1 aromatic carbocycles. The Bertz CT molecular complexity index is 741. The number of para-hydroxylation sites is 1. The maximum atomic E-state index is 5.79. The van der Waals surface area contributed by atoms with Crippen LogP contribution in [0.25, 0.3) is 10.9 Å². The number of aryl methyl sites for hydroxylation is 2. The monoisotopic (exact) mass is 298 g/mol. The third-order valence-corrected chi connectivity index (χ3v) is 4.79. The molecule has 0 fully saturated rings. The van der Waals surface area contributed by atoms with Gasteiger partial charge in [0.25, 0.3) is 0 Å². The molecule has 3 rings (SSSR count). The molecular weight excluding hydrogens is 280 g/mol. The van der Waals surface area contributed by atoms with Crippen LogP contribution in [0.1, 0.15) is 27.2 Å². The van der Waals surface area contributed by atoms with Crippen molar-refractivity contribution in [3.05, 3.63) is 57.7 Å². The topological polar surface area (TPSA) is 63.8 Å². The van der Waals surface area contributed by atoms with Crippen LogP contribution in [0, 0.1) is 13.8 Å². The number of hydrogen-bond acceptors (Lipinski definition) is 5. The van der Waals surface area contributed by atoms with E-state index < -0.39 is 0 Å². The normalized spacial score (nSPS) is 12.7. The molecule has 0 saturated heterocycles. The van der Waals surface area contributed by atoms with Gasteiger partial charge < -0.3 is 0 Å². The molecule has 2 aromatic heterocycles. The van der Waals surface area contributed by atoms with Crippen LogP contribution >= 0.6 is 11.3 Å². The summed E-state index contributed by atoms with van der Waals surface area (Å²) in [6.45, 7) is 4.14. The van der Waals surface area contributed by atoms with Gasteiger partial charge in [-0.3, -0.25) is 16.3 Å². The quantitative estimate of drug-likeness (QED) is 0.574. The molecule has 0 spiro atoms. The summed E-state index contributed by atoms with van der Waals surface area (Å²) in [5.41, 5.74) is 6.12. The van der Waals surface area contributed by atoms with Crippen LogP contribution < -0.4 is 11.3 Å². The van der Waals surface area contributed by atoms with Crippen molar-refractivity contribution in [2.24, 2.45) is 5.84 Å². The van der Waals surface area contributed by atoms with Gasteiger partial charge in [0.1, 0.15) is 0 Å². The first-order chi connectivity index (χ1) is 10.2. The van der Waals surface area contributed by atoms with E-state index in [0.717, 1.165) is 33.6 Å². The number of benzene rings is 1. The fourth-order valence-corrected chi connectivity index (χ4v) is 3.45. The van der Waals surface area contributed by atoms with Crippen molar-refractivity contribution in [2.45, 2.75) is 26.3 Å². The minimum atomic E-state index is 0.00792. The van der Waals surface area contributed by atoms with E-state index >= 15 is 0 Å². The van der Waals surface area contributed by atoms with Gasteiger partial charge in [-0.05, 0) is 25.5 Å². The summed E-state index contributed by atoms with van der Waals surface area (Å²) in [5.74, 6) is 5.79. The number of pyridine rings is 1. The molecule has 1 atom stereocenters. The molecule has 0 aliphatic carbocycles. The van der Waals surface area contributed by atoms with Gasteiger partial charge in [-0.2, -0.15) is 0 Å². The molecule has 5 heteroatoms. The number of aromatic nitrogens is 2. The van der Waals surface area contributed by atoms with Gasteiger partial charge in [-0.15, -0.1) is 11.3 Å². The predicted molar refractivity (Wildman–Crippen MR) is 87.1 cm³/mol. The van der Waals surface area contributed by atoms with E-state index in [1.165, 1.54) is 4.88 Å². The fraction of sp³-hybridized carbons (Fsp3) is 0.250. The molecule has 1 unspecified atom stereocenters. The molecule has 0 aliphatic rings. The number of fused-ring (bicyclic) bond motifs is 1. The summed E-state index contributed by atoms with van der Waals surface area (Å²) < 4.78 is 0. The number of rotatable bonds is 4. The molecule has 108 valence electrons. The van der Waals surface area contributed by atoms with Crippen molar-refractivity contribution in [2.75, 3.05) is 0 Å². The molecule has 4 nitrogen and oxygen atoms in total. The Morgan fingerprint density at radius 3 is 2.76 bits per heavy atom. The Morgan fingerprint density at radius 1 is 1.24 bits per heavy atom. The zero-order valence-corrected chi connectivity index (χ0v) is 12.9. The van der Waals surface area contributed by atoms with Crippen LogP contribution in [0.15, 0.2) is 36.5 Å². The molecule has 2 heterocycles. The average molecular weight is 298 g/mol. The highest BCUT2D eigenvalue weighted by molar-refractivity contribution is 7.11. The molecule has 21 heavy (non-hydrogen) atoms. The standard InChI is InChI=1S/C16H18N4S/c1-10-11(2)21-15(19-10)9-14(20-17)13-7-3-5-12-6-4-8-18-16(12)13/h3-8,14,20H,9,17H2,1-2H3. The summed E-state index contributed by atoms with van der Waals surface area (Å²) in [4.78, 5) is 10.4. The lowest BCUT2D eigenvalue weighted by Crippen LogP contribution is -2.29. The van der Waals surface area contributed by atoms with E-state index in [0.29, 0.717) is 0 Å². The first-order valence-electron chi connectivity index (χ1n) is 6.91. The Kier molecular flexibility index (Phi) is 3.96. The smallest absolute Gasteiger partial charge is 0.0950 e. The van der Waals surface area contributed by atoms with Gasteiger partial charge in [0.05, 0.1) is 22.3 Å². The maximum Gasteiger partial charge on any atom is 0.0950 e. The van der Waals surface area contributed by atoms with E-state index in [4.69, 9.17) is 5.84 Å². The zero-order chi connectivity index (χ0) is 14.8. The second-order valence-electron chi connectivity index (χ2n) is 5.09. The number of nitrogens with zero attached hydrogens (tertiary/aromatic N) is 2. The van der Waals surface area contributed by atoms with Gasteiger partial charge in [-0.25, -0.2) is 4.98 Å². The highest BCUT2D eigenvalue weighted by atomic mass is 32.1. The molecule has 3 N–H and O–H groups in total. The summed E-state index contributed by atoms with van der Waals surface area (Å²) in [6, 6.07) is 10.2. The third kappa shape index (κ3) is 2.81. The van der Waals surface area contributed by atoms with Crippen molar-refractivity contribution in [3.8, 4) is 0 Å². The van der Waals surface area contributed by atoms with Gasteiger partial charge in [0.2, 0.25) is 0 Å². The molecule has 3 aromatic rings. The number of hydrogen-bond donors (Lipinski definition) is 2. The van der Waals surface area contributed by atoms with Crippen molar-refractivity contribution in [3.63, 3.8) is 0 Å². The SMILES string of the molecule is Cc1nc(CC(NN)c2cccc3cccnc23)sc1C. The zero-order valence-electron chi connectivity index (χ0n) is 12.1. The van der Waals surface area contributed by atoms with Crippen molar-refractivity contribution in [1.82, 2.24) is 15.4 Å². The van der Waals surface area contributed by atoms with Crippen LogP contribution in [0.4, 0.5) is 0 Å². The Labute approximate surface area is 128 Å². The lowest BCUT2D eigenvalue weighted by Gasteiger charge is -2.16. The first kappa shape index (κ1) is 14.1. The van der Waals surface area contributed by atoms with E-state index in [-0.39, 0.29) is 6.04 Å². The summed E-state index contributed by atoms with van der Waals surface area (Å²) >= 11 is 1.73. The Hall–Kier alpha value is -1.82. The Balaban J connectivity index is 1.98. The van der Waals surface area contributed by atoms with Crippen LogP contribution in [-0.4, -0.2) is 9.97 Å². The average Bonchev–Trinajstić information content (AvgIpc) is 2.82. The molecule has 0 aliphatic heterocycles. The predicted octanol–water partition coefficient (Wildman–Crippen LogP) is 3.06.